The van der Waals surface area contributed by atoms with Crippen LogP contribution in [0.2, 0.25) is 0 Å². The second-order valence-corrected chi connectivity index (χ2v) is 3.20. The summed E-state index contributed by atoms with van der Waals surface area (Å²) < 4.78 is 8.17. The van der Waals surface area contributed by atoms with Gasteiger partial charge in [0, 0.05) is 5.75 Å². The van der Waals surface area contributed by atoms with Crippen molar-refractivity contribution in [3.05, 3.63) is 0 Å². The van der Waals surface area contributed by atoms with Gasteiger partial charge in [-0.15, -0.1) is 0 Å². The van der Waals surface area contributed by atoms with E-state index in [1.807, 2.05) is 0 Å². The predicted octanol–water partition coefficient (Wildman–Crippen LogP) is 2.64. The van der Waals surface area contributed by atoms with Gasteiger partial charge in [0.15, 0.2) is 0 Å². The standard InChI is InChI=1S/C4H10OS2/c1-2-3-4-6-7-5/h5H,2-4H2,1H3. The van der Waals surface area contributed by atoms with Crippen LogP contribution >= 0.6 is 21.9 Å². The van der Waals surface area contributed by atoms with E-state index in [2.05, 4.69) is 6.92 Å². The number of hydrogen-bond acceptors (Lipinski definition) is 3. The van der Waals surface area contributed by atoms with Gasteiger partial charge in [-0.2, -0.15) is 0 Å². The zero-order valence-corrected chi connectivity index (χ0v) is 6.02. The fourth-order valence-corrected chi connectivity index (χ4v) is 1.30. The summed E-state index contributed by atoms with van der Waals surface area (Å²) in [6.07, 6.45) is 2.42. The molecule has 0 aromatic rings. The predicted molar refractivity (Wildman–Crippen MR) is 37.6 cm³/mol. The van der Waals surface area contributed by atoms with Gasteiger partial charge in [-0.05, 0) is 6.42 Å². The lowest BCUT2D eigenvalue weighted by molar-refractivity contribution is 0.676. The Morgan fingerprint density at radius 3 is 2.71 bits per heavy atom. The first kappa shape index (κ1) is 7.66. The minimum atomic E-state index is 0.858. The van der Waals surface area contributed by atoms with Gasteiger partial charge in [0.05, 0.1) is 11.1 Å². The highest BCUT2D eigenvalue weighted by atomic mass is 33.1. The lowest BCUT2D eigenvalue weighted by atomic mass is 10.4. The molecule has 44 valence electrons. The molecule has 0 aromatic heterocycles. The average Bonchev–Trinajstić information content (AvgIpc) is 1.69. The first-order valence-electron chi connectivity index (χ1n) is 2.35. The molecule has 0 radical (unpaired) electrons. The van der Waals surface area contributed by atoms with Crippen molar-refractivity contribution in [2.45, 2.75) is 19.8 Å². The normalized spacial score (nSPS) is 9.43. The Hall–Kier alpha value is 0.660. The minimum absolute atomic E-state index is 0.858. The molecule has 0 amide bonds. The van der Waals surface area contributed by atoms with Gasteiger partial charge in [0.1, 0.15) is 0 Å². The highest BCUT2D eigenvalue weighted by Gasteiger charge is 1.82. The van der Waals surface area contributed by atoms with Crippen molar-refractivity contribution >= 4 is 21.9 Å². The Kier molecular flexibility index (Phi) is 7.29. The molecule has 0 rings (SSSR count). The third-order valence-electron chi connectivity index (χ3n) is 0.634. The molecule has 0 aromatic carbocycles. The SMILES string of the molecule is CCCCSSO. The quantitative estimate of drug-likeness (QED) is 0.366. The maximum Gasteiger partial charge on any atom is 0.0593 e. The van der Waals surface area contributed by atoms with E-state index in [0.29, 0.717) is 0 Å². The molecule has 0 heterocycles. The number of unbranched alkanes of at least 4 members (excludes halogenated alkanes) is 1. The largest absolute Gasteiger partial charge is 0.321 e. The smallest absolute Gasteiger partial charge is 0.0593 e. The second-order valence-electron chi connectivity index (χ2n) is 1.25. The second kappa shape index (κ2) is 6.66. The maximum absolute atomic E-state index is 8.17. The van der Waals surface area contributed by atoms with Crippen molar-refractivity contribution in [2.24, 2.45) is 0 Å². The number of hydrogen-bond donors (Lipinski definition) is 1. The third kappa shape index (κ3) is 6.66. The zero-order chi connectivity index (χ0) is 5.54. The van der Waals surface area contributed by atoms with E-state index < -0.39 is 0 Å². The van der Waals surface area contributed by atoms with Crippen molar-refractivity contribution in [1.29, 1.82) is 0 Å². The molecular formula is C4H10OS2. The van der Waals surface area contributed by atoms with Crippen molar-refractivity contribution in [3.8, 4) is 0 Å². The van der Waals surface area contributed by atoms with Crippen molar-refractivity contribution in [2.75, 3.05) is 5.75 Å². The molecule has 1 nitrogen and oxygen atoms in total. The Morgan fingerprint density at radius 1 is 1.57 bits per heavy atom. The molecule has 7 heavy (non-hydrogen) atoms. The molecule has 0 aliphatic heterocycles. The monoisotopic (exact) mass is 138 g/mol. The van der Waals surface area contributed by atoms with Gasteiger partial charge < -0.3 is 4.55 Å². The summed E-state index contributed by atoms with van der Waals surface area (Å²) in [6.45, 7) is 2.14. The molecule has 0 saturated heterocycles. The minimum Gasteiger partial charge on any atom is -0.321 e. The van der Waals surface area contributed by atoms with E-state index >= 15 is 0 Å². The highest BCUT2D eigenvalue weighted by molar-refractivity contribution is 8.74. The van der Waals surface area contributed by atoms with E-state index in [-0.39, 0.29) is 0 Å². The summed E-state index contributed by atoms with van der Waals surface area (Å²) in [5, 5.41) is 0. The molecule has 1 N–H and O–H groups in total. The maximum atomic E-state index is 8.17. The van der Waals surface area contributed by atoms with E-state index in [1.165, 1.54) is 23.6 Å². The lowest BCUT2D eigenvalue weighted by Gasteiger charge is -1.88. The lowest BCUT2D eigenvalue weighted by Crippen LogP contribution is -1.70. The van der Waals surface area contributed by atoms with Crippen molar-refractivity contribution < 1.29 is 4.55 Å². The Morgan fingerprint density at radius 2 is 2.29 bits per heavy atom. The fraction of sp³-hybridized carbons (Fsp3) is 1.00. The van der Waals surface area contributed by atoms with Crippen LogP contribution in [0.25, 0.3) is 0 Å². The highest BCUT2D eigenvalue weighted by Crippen LogP contribution is 2.17. The Bertz CT molecular complexity index is 28.9. The number of rotatable bonds is 4. The fourth-order valence-electron chi connectivity index (χ4n) is 0.241. The van der Waals surface area contributed by atoms with Crippen LogP contribution in [-0.4, -0.2) is 10.3 Å². The summed E-state index contributed by atoms with van der Waals surface area (Å²) in [5.41, 5.74) is 0. The van der Waals surface area contributed by atoms with Crippen LogP contribution in [0.5, 0.6) is 0 Å². The molecule has 0 atom stereocenters. The van der Waals surface area contributed by atoms with Gasteiger partial charge in [0.2, 0.25) is 0 Å². The van der Waals surface area contributed by atoms with E-state index in [1.54, 1.807) is 0 Å². The molecule has 3 heteroatoms. The van der Waals surface area contributed by atoms with Crippen LogP contribution in [0.15, 0.2) is 0 Å². The van der Waals surface area contributed by atoms with E-state index in [4.69, 9.17) is 4.55 Å². The summed E-state index contributed by atoms with van der Waals surface area (Å²) in [6, 6.07) is 0. The average molecular weight is 138 g/mol. The van der Waals surface area contributed by atoms with Crippen LogP contribution in [0.3, 0.4) is 0 Å². The van der Waals surface area contributed by atoms with Crippen LogP contribution in [0.4, 0.5) is 0 Å². The summed E-state index contributed by atoms with van der Waals surface area (Å²) >= 11 is 0.858. The Balaban J connectivity index is 2.45. The van der Waals surface area contributed by atoms with Gasteiger partial charge in [0.25, 0.3) is 0 Å². The molecule has 0 bridgehead atoms. The third-order valence-corrected chi connectivity index (χ3v) is 2.01. The molecule has 0 fully saturated rings. The van der Waals surface area contributed by atoms with Gasteiger partial charge >= 0.3 is 0 Å². The van der Waals surface area contributed by atoms with Crippen LogP contribution < -0.4 is 0 Å². The van der Waals surface area contributed by atoms with Gasteiger partial charge in [-0.3, -0.25) is 0 Å². The van der Waals surface area contributed by atoms with Gasteiger partial charge in [-0.25, -0.2) is 0 Å². The van der Waals surface area contributed by atoms with Gasteiger partial charge in [-0.1, -0.05) is 24.1 Å². The first-order valence-corrected chi connectivity index (χ1v) is 4.62. The van der Waals surface area contributed by atoms with Crippen LogP contribution in [-0.2, 0) is 0 Å². The zero-order valence-electron chi connectivity index (χ0n) is 4.39. The van der Waals surface area contributed by atoms with Crippen molar-refractivity contribution in [3.63, 3.8) is 0 Å². The van der Waals surface area contributed by atoms with Crippen molar-refractivity contribution in [1.82, 2.24) is 0 Å². The molecule has 0 unspecified atom stereocenters. The van der Waals surface area contributed by atoms with E-state index in [9.17, 15) is 0 Å². The molecule has 0 aliphatic carbocycles. The summed E-state index contributed by atoms with van der Waals surface area (Å²) in [5.74, 6) is 1.07. The van der Waals surface area contributed by atoms with Crippen LogP contribution in [0, 0.1) is 0 Å². The molecular weight excluding hydrogens is 128 g/mol. The Labute approximate surface area is 52.5 Å². The topological polar surface area (TPSA) is 20.2 Å². The molecule has 0 spiro atoms. The molecule has 0 aliphatic rings. The first-order chi connectivity index (χ1) is 3.41. The summed E-state index contributed by atoms with van der Waals surface area (Å²) in [7, 11) is 1.50. The molecule has 0 saturated carbocycles. The summed E-state index contributed by atoms with van der Waals surface area (Å²) in [4.78, 5) is 0. The van der Waals surface area contributed by atoms with E-state index in [0.717, 1.165) is 16.8 Å². The van der Waals surface area contributed by atoms with Crippen LogP contribution in [0.1, 0.15) is 19.8 Å².